The van der Waals surface area contributed by atoms with E-state index in [0.717, 1.165) is 45.3 Å². The molecule has 1 heterocycles. The molecule has 5 nitrogen and oxygen atoms in total. The molecule has 156 valence electrons. The summed E-state index contributed by atoms with van der Waals surface area (Å²) in [5.41, 5.74) is 0.253. The highest BCUT2D eigenvalue weighted by Crippen LogP contribution is 2.30. The Morgan fingerprint density at radius 2 is 1.61 bits per heavy atom. The number of fused-ring (bicyclic) bond motifs is 1. The number of carbonyl (C=O) groups is 1. The number of carbonyl (C=O) groups excluding carboxylic acids is 1. The van der Waals surface area contributed by atoms with Crippen molar-refractivity contribution in [1.29, 1.82) is 0 Å². The molecule has 0 spiro atoms. The van der Waals surface area contributed by atoms with Gasteiger partial charge in [0.2, 0.25) is 5.91 Å². The number of alkyl halides is 3. The predicted molar refractivity (Wildman–Crippen MR) is 112 cm³/mol. The summed E-state index contributed by atoms with van der Waals surface area (Å²) in [4.78, 5) is 24.5. The molecule has 31 heavy (non-hydrogen) atoms. The van der Waals surface area contributed by atoms with E-state index in [1.807, 2.05) is 42.5 Å². The molecule has 0 bridgehead atoms. The van der Waals surface area contributed by atoms with E-state index >= 15 is 0 Å². The van der Waals surface area contributed by atoms with Crippen LogP contribution in [0.5, 0.6) is 0 Å². The molecule has 0 atom stereocenters. The number of nitrogens with one attached hydrogen (secondary N) is 1. The molecule has 0 aliphatic carbocycles. The van der Waals surface area contributed by atoms with Crippen LogP contribution in [0.1, 0.15) is 5.56 Å². The van der Waals surface area contributed by atoms with Crippen molar-refractivity contribution in [1.82, 2.24) is 9.78 Å². The summed E-state index contributed by atoms with van der Waals surface area (Å²) < 4.78 is 39.0. The maximum atomic E-state index is 12.7. The molecular weight excluding hydrogens is 407 g/mol. The largest absolute Gasteiger partial charge is 0.416 e. The summed E-state index contributed by atoms with van der Waals surface area (Å²) in [5.74, 6) is -0.579. The molecule has 0 saturated carbocycles. The van der Waals surface area contributed by atoms with Crippen molar-refractivity contribution in [2.75, 3.05) is 5.32 Å². The SMILES string of the molecule is O=C(Cn1nc(-c2cccc3ccccc23)ccc1=O)Nc1ccc(C(F)(F)F)cc1. The Hall–Kier alpha value is -3.94. The predicted octanol–water partition coefficient (Wildman–Crippen LogP) is 4.72. The zero-order valence-electron chi connectivity index (χ0n) is 16.1. The molecule has 1 aromatic heterocycles. The maximum Gasteiger partial charge on any atom is 0.416 e. The van der Waals surface area contributed by atoms with E-state index < -0.39 is 23.2 Å². The molecular formula is C23H16F3N3O2. The van der Waals surface area contributed by atoms with Crippen LogP contribution >= 0.6 is 0 Å². The number of hydrogen-bond acceptors (Lipinski definition) is 3. The number of aromatic nitrogens is 2. The Labute approximate surface area is 174 Å². The fourth-order valence-corrected chi connectivity index (χ4v) is 3.23. The van der Waals surface area contributed by atoms with Gasteiger partial charge in [0.05, 0.1) is 11.3 Å². The third-order valence-electron chi connectivity index (χ3n) is 4.72. The van der Waals surface area contributed by atoms with E-state index in [2.05, 4.69) is 10.4 Å². The van der Waals surface area contributed by atoms with Crippen LogP contribution in [0.15, 0.2) is 83.7 Å². The lowest BCUT2D eigenvalue weighted by molar-refractivity contribution is -0.137. The lowest BCUT2D eigenvalue weighted by Crippen LogP contribution is -2.29. The zero-order valence-corrected chi connectivity index (χ0v) is 16.1. The van der Waals surface area contributed by atoms with Crippen molar-refractivity contribution < 1.29 is 18.0 Å². The quantitative estimate of drug-likeness (QED) is 0.517. The fourth-order valence-electron chi connectivity index (χ4n) is 3.23. The van der Waals surface area contributed by atoms with Gasteiger partial charge in [-0.15, -0.1) is 0 Å². The van der Waals surface area contributed by atoms with Crippen LogP contribution < -0.4 is 10.9 Å². The molecule has 0 saturated heterocycles. The number of rotatable bonds is 4. The summed E-state index contributed by atoms with van der Waals surface area (Å²) in [6.45, 7) is -0.377. The van der Waals surface area contributed by atoms with E-state index in [0.29, 0.717) is 5.69 Å². The minimum Gasteiger partial charge on any atom is -0.324 e. The molecule has 0 aliphatic heterocycles. The molecule has 0 aliphatic rings. The van der Waals surface area contributed by atoms with Crippen LogP contribution in [-0.4, -0.2) is 15.7 Å². The number of hydrogen-bond donors (Lipinski definition) is 1. The monoisotopic (exact) mass is 423 g/mol. The molecule has 0 unspecified atom stereocenters. The van der Waals surface area contributed by atoms with Crippen molar-refractivity contribution >= 4 is 22.4 Å². The number of halogens is 3. The topological polar surface area (TPSA) is 64.0 Å². The third-order valence-corrected chi connectivity index (χ3v) is 4.72. The van der Waals surface area contributed by atoms with Gasteiger partial charge in [0, 0.05) is 17.3 Å². The highest BCUT2D eigenvalue weighted by atomic mass is 19.4. The zero-order chi connectivity index (χ0) is 22.0. The average molecular weight is 423 g/mol. The summed E-state index contributed by atoms with van der Waals surface area (Å²) >= 11 is 0. The Morgan fingerprint density at radius 3 is 2.35 bits per heavy atom. The Morgan fingerprint density at radius 1 is 0.903 bits per heavy atom. The molecule has 0 fully saturated rings. The third kappa shape index (κ3) is 4.48. The lowest BCUT2D eigenvalue weighted by atomic mass is 10.0. The average Bonchev–Trinajstić information content (AvgIpc) is 2.74. The van der Waals surface area contributed by atoms with Gasteiger partial charge in [0.15, 0.2) is 0 Å². The van der Waals surface area contributed by atoms with E-state index in [1.165, 1.54) is 6.07 Å². The molecule has 1 N–H and O–H groups in total. The molecule has 4 rings (SSSR count). The van der Waals surface area contributed by atoms with Gasteiger partial charge >= 0.3 is 6.18 Å². The van der Waals surface area contributed by atoms with Crippen molar-refractivity contribution in [3.05, 3.63) is 94.8 Å². The highest BCUT2D eigenvalue weighted by Gasteiger charge is 2.30. The number of benzene rings is 3. The standard InChI is InChI=1S/C23H16F3N3O2/c24-23(25,26)16-8-10-17(11-9-16)27-21(30)14-29-22(31)13-12-20(28-29)19-7-3-5-15-4-1-2-6-18(15)19/h1-13H,14H2,(H,27,30). The first kappa shape index (κ1) is 20.3. The summed E-state index contributed by atoms with van der Waals surface area (Å²) in [6.07, 6.45) is -4.46. The van der Waals surface area contributed by atoms with E-state index in [1.54, 1.807) is 6.07 Å². The van der Waals surface area contributed by atoms with Crippen LogP contribution in [0.2, 0.25) is 0 Å². The lowest BCUT2D eigenvalue weighted by Gasteiger charge is -2.11. The number of anilines is 1. The first-order chi connectivity index (χ1) is 14.8. The fraction of sp³-hybridized carbons (Fsp3) is 0.0870. The Balaban J connectivity index is 1.56. The molecule has 1 amide bonds. The number of amides is 1. The van der Waals surface area contributed by atoms with Gasteiger partial charge in [-0.3, -0.25) is 9.59 Å². The number of nitrogens with zero attached hydrogens (tertiary/aromatic N) is 2. The van der Waals surface area contributed by atoms with Crippen molar-refractivity contribution in [3.8, 4) is 11.3 Å². The summed E-state index contributed by atoms with van der Waals surface area (Å²) in [6, 6.07) is 20.4. The van der Waals surface area contributed by atoms with Gasteiger partial charge in [-0.05, 0) is 41.1 Å². The van der Waals surface area contributed by atoms with Crippen molar-refractivity contribution in [3.63, 3.8) is 0 Å². The minimum atomic E-state index is -4.46. The molecule has 0 radical (unpaired) electrons. The van der Waals surface area contributed by atoms with Crippen LogP contribution in [0, 0.1) is 0 Å². The molecule has 4 aromatic rings. The van der Waals surface area contributed by atoms with E-state index in [-0.39, 0.29) is 12.2 Å². The van der Waals surface area contributed by atoms with E-state index in [9.17, 15) is 22.8 Å². The van der Waals surface area contributed by atoms with Gasteiger partial charge in [-0.2, -0.15) is 18.3 Å². The second kappa shape index (κ2) is 8.06. The Kier molecular flexibility index (Phi) is 5.29. The van der Waals surface area contributed by atoms with Crippen LogP contribution in [0.25, 0.3) is 22.0 Å². The Bertz CT molecular complexity index is 1310. The first-order valence-electron chi connectivity index (χ1n) is 9.35. The first-order valence-corrected chi connectivity index (χ1v) is 9.35. The van der Waals surface area contributed by atoms with E-state index in [4.69, 9.17) is 0 Å². The second-order valence-corrected chi connectivity index (χ2v) is 6.86. The van der Waals surface area contributed by atoms with Gasteiger partial charge in [-0.1, -0.05) is 42.5 Å². The van der Waals surface area contributed by atoms with Gasteiger partial charge in [0.25, 0.3) is 5.56 Å². The normalized spacial score (nSPS) is 11.5. The van der Waals surface area contributed by atoms with Gasteiger partial charge in [0.1, 0.15) is 6.54 Å². The smallest absolute Gasteiger partial charge is 0.324 e. The molecule has 3 aromatic carbocycles. The van der Waals surface area contributed by atoms with Crippen LogP contribution in [-0.2, 0) is 17.5 Å². The molecule has 8 heteroatoms. The van der Waals surface area contributed by atoms with Gasteiger partial charge < -0.3 is 5.32 Å². The van der Waals surface area contributed by atoms with Crippen molar-refractivity contribution in [2.24, 2.45) is 0 Å². The van der Waals surface area contributed by atoms with Crippen LogP contribution in [0.4, 0.5) is 18.9 Å². The minimum absolute atomic E-state index is 0.191. The van der Waals surface area contributed by atoms with Gasteiger partial charge in [-0.25, -0.2) is 4.68 Å². The van der Waals surface area contributed by atoms with Crippen LogP contribution in [0.3, 0.4) is 0 Å². The summed E-state index contributed by atoms with van der Waals surface area (Å²) in [7, 11) is 0. The maximum absolute atomic E-state index is 12.7. The van der Waals surface area contributed by atoms with Crippen molar-refractivity contribution in [2.45, 2.75) is 12.7 Å². The summed E-state index contributed by atoms with van der Waals surface area (Å²) in [5, 5.41) is 8.76. The highest BCUT2D eigenvalue weighted by molar-refractivity contribution is 5.95. The second-order valence-electron chi connectivity index (χ2n) is 6.86.